The highest BCUT2D eigenvalue weighted by Gasteiger charge is 2.14. The van der Waals surface area contributed by atoms with E-state index in [0.717, 1.165) is 12.3 Å². The van der Waals surface area contributed by atoms with Crippen molar-refractivity contribution in [2.45, 2.75) is 51.3 Å². The maximum Gasteiger partial charge on any atom is 0.451 e. The Morgan fingerprint density at radius 3 is 2.33 bits per heavy atom. The molecule has 0 aliphatic heterocycles. The van der Waals surface area contributed by atoms with Crippen molar-refractivity contribution in [2.24, 2.45) is 5.92 Å². The number of rotatable bonds is 4. The third-order valence-electron chi connectivity index (χ3n) is 2.80. The van der Waals surface area contributed by atoms with Crippen LogP contribution in [0.2, 0.25) is 6.32 Å². The topological polar surface area (TPSA) is 40.5 Å². The van der Waals surface area contributed by atoms with Gasteiger partial charge in [0, 0.05) is 0 Å². The summed E-state index contributed by atoms with van der Waals surface area (Å²) in [6.07, 6.45) is 9.61. The molecule has 0 aromatic carbocycles. The van der Waals surface area contributed by atoms with E-state index in [1.54, 1.807) is 0 Å². The fourth-order valence-corrected chi connectivity index (χ4v) is 2.06. The molecule has 0 heterocycles. The van der Waals surface area contributed by atoms with Gasteiger partial charge in [0.25, 0.3) is 0 Å². The smallest absolute Gasteiger partial charge is 0.427 e. The normalized spacial score (nSPS) is 19.5. The van der Waals surface area contributed by atoms with E-state index in [9.17, 15) is 0 Å². The molecule has 12 heavy (non-hydrogen) atoms. The molecular weight excluding hydrogens is 151 g/mol. The van der Waals surface area contributed by atoms with Crippen LogP contribution in [0.1, 0.15) is 44.9 Å². The van der Waals surface area contributed by atoms with Crippen molar-refractivity contribution in [3.8, 4) is 0 Å². The van der Waals surface area contributed by atoms with Crippen molar-refractivity contribution in [2.75, 3.05) is 0 Å². The minimum Gasteiger partial charge on any atom is -0.427 e. The Morgan fingerprint density at radius 1 is 1.08 bits per heavy atom. The maximum atomic E-state index is 8.64. The lowest BCUT2D eigenvalue weighted by Gasteiger charge is -2.21. The van der Waals surface area contributed by atoms with Crippen LogP contribution < -0.4 is 0 Å². The van der Waals surface area contributed by atoms with Gasteiger partial charge in [-0.2, -0.15) is 0 Å². The summed E-state index contributed by atoms with van der Waals surface area (Å²) >= 11 is 0. The molecule has 1 aliphatic rings. The van der Waals surface area contributed by atoms with E-state index in [0.29, 0.717) is 6.32 Å². The van der Waals surface area contributed by atoms with Gasteiger partial charge in [0.1, 0.15) is 0 Å². The maximum absolute atomic E-state index is 8.64. The van der Waals surface area contributed by atoms with Gasteiger partial charge in [-0.3, -0.25) is 0 Å². The summed E-state index contributed by atoms with van der Waals surface area (Å²) in [6.45, 7) is 0. The lowest BCUT2D eigenvalue weighted by molar-refractivity contribution is 0.330. The molecule has 0 spiro atoms. The molecule has 2 N–H and O–H groups in total. The molecular formula is C9H19BO2. The van der Waals surface area contributed by atoms with Gasteiger partial charge in [-0.25, -0.2) is 0 Å². The Balaban J connectivity index is 1.98. The molecule has 1 fully saturated rings. The second kappa shape index (κ2) is 5.60. The first-order valence-corrected chi connectivity index (χ1v) is 5.15. The Hall–Kier alpha value is -0.0151. The molecule has 0 radical (unpaired) electrons. The van der Waals surface area contributed by atoms with Crippen molar-refractivity contribution in [1.29, 1.82) is 0 Å². The Labute approximate surface area is 75.1 Å². The van der Waals surface area contributed by atoms with Gasteiger partial charge in [-0.1, -0.05) is 44.9 Å². The van der Waals surface area contributed by atoms with Gasteiger partial charge < -0.3 is 10.0 Å². The quantitative estimate of drug-likeness (QED) is 0.631. The highest BCUT2D eigenvalue weighted by molar-refractivity contribution is 6.40. The molecule has 0 aromatic heterocycles. The van der Waals surface area contributed by atoms with Gasteiger partial charge in [-0.05, 0) is 12.2 Å². The van der Waals surface area contributed by atoms with Crippen molar-refractivity contribution in [3.05, 3.63) is 0 Å². The van der Waals surface area contributed by atoms with Crippen molar-refractivity contribution >= 4 is 7.12 Å². The Bertz CT molecular complexity index is 111. The van der Waals surface area contributed by atoms with Crippen LogP contribution in [0, 0.1) is 5.92 Å². The summed E-state index contributed by atoms with van der Waals surface area (Å²) < 4.78 is 0. The van der Waals surface area contributed by atoms with Gasteiger partial charge in [-0.15, -0.1) is 0 Å². The zero-order valence-corrected chi connectivity index (χ0v) is 7.71. The van der Waals surface area contributed by atoms with Crippen LogP contribution in [0.25, 0.3) is 0 Å². The molecule has 3 heteroatoms. The van der Waals surface area contributed by atoms with E-state index < -0.39 is 7.12 Å². The summed E-state index contributed by atoms with van der Waals surface area (Å²) in [5, 5.41) is 17.3. The SMILES string of the molecule is OB(O)CCCC1CCCCC1. The fourth-order valence-electron chi connectivity index (χ4n) is 2.06. The van der Waals surface area contributed by atoms with Crippen LogP contribution >= 0.6 is 0 Å². The highest BCUT2D eigenvalue weighted by atomic mass is 16.4. The molecule has 0 aromatic rings. The predicted octanol–water partition coefficient (Wildman–Crippen LogP) is 1.82. The lowest BCUT2D eigenvalue weighted by atomic mass is 9.79. The first-order valence-electron chi connectivity index (χ1n) is 5.15. The molecule has 70 valence electrons. The summed E-state index contributed by atoms with van der Waals surface area (Å²) in [4.78, 5) is 0. The lowest BCUT2D eigenvalue weighted by Crippen LogP contribution is -2.12. The fraction of sp³-hybridized carbons (Fsp3) is 1.00. The van der Waals surface area contributed by atoms with Crippen LogP contribution in [0.5, 0.6) is 0 Å². The monoisotopic (exact) mass is 170 g/mol. The van der Waals surface area contributed by atoms with Crippen LogP contribution in [-0.4, -0.2) is 17.2 Å². The van der Waals surface area contributed by atoms with Crippen molar-refractivity contribution in [3.63, 3.8) is 0 Å². The van der Waals surface area contributed by atoms with Crippen LogP contribution in [0.3, 0.4) is 0 Å². The van der Waals surface area contributed by atoms with E-state index >= 15 is 0 Å². The van der Waals surface area contributed by atoms with Gasteiger partial charge >= 0.3 is 7.12 Å². The van der Waals surface area contributed by atoms with Gasteiger partial charge in [0.2, 0.25) is 0 Å². The Morgan fingerprint density at radius 2 is 1.75 bits per heavy atom. The Kier molecular flexibility index (Phi) is 4.70. The standard InChI is InChI=1S/C9H19BO2/c11-10(12)8-4-7-9-5-2-1-3-6-9/h9,11-12H,1-8H2. The van der Waals surface area contributed by atoms with E-state index in [4.69, 9.17) is 10.0 Å². The highest BCUT2D eigenvalue weighted by Crippen LogP contribution is 2.27. The summed E-state index contributed by atoms with van der Waals surface area (Å²) in [5.74, 6) is 0.873. The van der Waals surface area contributed by atoms with Gasteiger partial charge in [0.05, 0.1) is 0 Å². The molecule has 1 aliphatic carbocycles. The van der Waals surface area contributed by atoms with Gasteiger partial charge in [0.15, 0.2) is 0 Å². The zero-order chi connectivity index (χ0) is 8.81. The summed E-state index contributed by atoms with van der Waals surface area (Å²) in [7, 11) is -1.09. The van der Waals surface area contributed by atoms with E-state index in [2.05, 4.69) is 0 Å². The zero-order valence-electron chi connectivity index (χ0n) is 7.71. The molecule has 0 unspecified atom stereocenters. The van der Waals surface area contributed by atoms with Crippen molar-refractivity contribution in [1.82, 2.24) is 0 Å². The number of hydrogen-bond acceptors (Lipinski definition) is 2. The molecule has 0 amide bonds. The van der Waals surface area contributed by atoms with E-state index in [-0.39, 0.29) is 0 Å². The first kappa shape index (κ1) is 10.1. The molecule has 1 saturated carbocycles. The third kappa shape index (κ3) is 4.12. The van der Waals surface area contributed by atoms with E-state index in [1.807, 2.05) is 0 Å². The third-order valence-corrected chi connectivity index (χ3v) is 2.80. The predicted molar refractivity (Wildman–Crippen MR) is 50.8 cm³/mol. The van der Waals surface area contributed by atoms with E-state index in [1.165, 1.54) is 38.5 Å². The largest absolute Gasteiger partial charge is 0.451 e. The molecule has 2 nitrogen and oxygen atoms in total. The van der Waals surface area contributed by atoms with Crippen molar-refractivity contribution < 1.29 is 10.0 Å². The average molecular weight is 170 g/mol. The second-order valence-electron chi connectivity index (χ2n) is 3.92. The first-order chi connectivity index (χ1) is 5.79. The molecule has 0 bridgehead atoms. The minimum absolute atomic E-state index is 0.552. The second-order valence-corrected chi connectivity index (χ2v) is 3.92. The molecule has 1 rings (SSSR count). The van der Waals surface area contributed by atoms with Crippen LogP contribution in [0.15, 0.2) is 0 Å². The van der Waals surface area contributed by atoms with Crippen LogP contribution in [0.4, 0.5) is 0 Å². The average Bonchev–Trinajstić information content (AvgIpc) is 2.05. The van der Waals surface area contributed by atoms with Crippen LogP contribution in [-0.2, 0) is 0 Å². The minimum atomic E-state index is -1.09. The summed E-state index contributed by atoms with van der Waals surface area (Å²) in [6, 6.07) is 0. The molecule has 0 saturated heterocycles. The summed E-state index contributed by atoms with van der Waals surface area (Å²) in [5.41, 5.74) is 0. The number of hydrogen-bond donors (Lipinski definition) is 2. The molecule has 0 atom stereocenters.